The van der Waals surface area contributed by atoms with Gasteiger partial charge in [-0.15, -0.1) is 0 Å². The van der Waals surface area contributed by atoms with Gasteiger partial charge in [0, 0.05) is 0 Å². The van der Waals surface area contributed by atoms with Gasteiger partial charge < -0.3 is 4.42 Å². The molecule has 0 atom stereocenters. The predicted molar refractivity (Wildman–Crippen MR) is 60.2 cm³/mol. The van der Waals surface area contributed by atoms with Gasteiger partial charge in [-0.25, -0.2) is 4.98 Å². The Balaban J connectivity index is 3.01. The van der Waals surface area contributed by atoms with E-state index >= 15 is 0 Å². The number of hydrogen-bond acceptors (Lipinski definition) is 3. The summed E-state index contributed by atoms with van der Waals surface area (Å²) in [5, 5.41) is 0.441. The number of nitrogens with zero attached hydrogens (tertiary/aromatic N) is 1. The second-order valence-corrected chi connectivity index (χ2v) is 4.06. The fourth-order valence-electron chi connectivity index (χ4n) is 1.73. The minimum atomic E-state index is 0.441. The molecule has 2 nitrogen and oxygen atoms in total. The lowest BCUT2D eigenvalue weighted by molar-refractivity contribution is 0.490. The SMILES string of the molecule is Cc1c(C)c(C)c2oc(S)nc2c1C. The molecule has 0 amide bonds. The second kappa shape index (κ2) is 3.02. The van der Waals surface area contributed by atoms with E-state index in [4.69, 9.17) is 4.42 Å². The predicted octanol–water partition coefficient (Wildman–Crippen LogP) is 3.35. The van der Waals surface area contributed by atoms with Crippen LogP contribution < -0.4 is 0 Å². The first-order valence-electron chi connectivity index (χ1n) is 4.58. The summed E-state index contributed by atoms with van der Waals surface area (Å²) < 4.78 is 5.47. The monoisotopic (exact) mass is 207 g/mol. The van der Waals surface area contributed by atoms with Gasteiger partial charge in [0.05, 0.1) is 0 Å². The van der Waals surface area contributed by atoms with Crippen molar-refractivity contribution in [2.24, 2.45) is 0 Å². The van der Waals surface area contributed by atoms with Gasteiger partial charge in [0.2, 0.25) is 0 Å². The fourth-order valence-corrected chi connectivity index (χ4v) is 1.92. The lowest BCUT2D eigenvalue weighted by atomic mass is 9.98. The van der Waals surface area contributed by atoms with E-state index in [1.807, 2.05) is 0 Å². The minimum absolute atomic E-state index is 0.441. The molecule has 0 aliphatic rings. The molecule has 0 aliphatic carbocycles. The van der Waals surface area contributed by atoms with Crippen LogP contribution in [0.3, 0.4) is 0 Å². The molecule has 0 N–H and O–H groups in total. The van der Waals surface area contributed by atoms with Crippen LogP contribution in [0.4, 0.5) is 0 Å². The van der Waals surface area contributed by atoms with E-state index < -0.39 is 0 Å². The molecular formula is C11H13NOS. The Kier molecular flexibility index (Phi) is 2.07. The molecular weight excluding hydrogens is 194 g/mol. The summed E-state index contributed by atoms with van der Waals surface area (Å²) in [7, 11) is 0. The van der Waals surface area contributed by atoms with Crippen LogP contribution in [0, 0.1) is 27.7 Å². The van der Waals surface area contributed by atoms with Crippen LogP contribution in [0.15, 0.2) is 9.64 Å². The standard InChI is InChI=1S/C11H13NOS/c1-5-6(2)8(4)10-9(7(5)3)12-11(14)13-10/h1-4H3,(H,12,14). The average molecular weight is 207 g/mol. The molecule has 0 saturated carbocycles. The van der Waals surface area contributed by atoms with Gasteiger partial charge in [-0.1, -0.05) is 12.6 Å². The van der Waals surface area contributed by atoms with E-state index in [1.54, 1.807) is 0 Å². The number of fused-ring (bicyclic) bond motifs is 1. The van der Waals surface area contributed by atoms with Gasteiger partial charge in [-0.3, -0.25) is 0 Å². The van der Waals surface area contributed by atoms with Crippen molar-refractivity contribution >= 4 is 23.7 Å². The third kappa shape index (κ3) is 1.16. The Morgan fingerprint density at radius 3 is 2.14 bits per heavy atom. The normalized spacial score (nSPS) is 11.2. The summed E-state index contributed by atoms with van der Waals surface area (Å²) in [6.45, 7) is 8.35. The van der Waals surface area contributed by atoms with Crippen molar-refractivity contribution in [1.82, 2.24) is 4.98 Å². The molecule has 0 spiro atoms. The van der Waals surface area contributed by atoms with Crippen LogP contribution in [0.2, 0.25) is 0 Å². The zero-order valence-electron chi connectivity index (χ0n) is 8.80. The Labute approximate surface area is 88.7 Å². The Morgan fingerprint density at radius 2 is 1.50 bits per heavy atom. The number of rotatable bonds is 0. The highest BCUT2D eigenvalue weighted by atomic mass is 32.1. The average Bonchev–Trinajstić information content (AvgIpc) is 2.54. The molecule has 0 unspecified atom stereocenters. The van der Waals surface area contributed by atoms with E-state index in [2.05, 4.69) is 45.3 Å². The Morgan fingerprint density at radius 1 is 0.929 bits per heavy atom. The van der Waals surface area contributed by atoms with Crippen molar-refractivity contribution in [3.63, 3.8) is 0 Å². The summed E-state index contributed by atoms with van der Waals surface area (Å²) in [4.78, 5) is 4.27. The van der Waals surface area contributed by atoms with Gasteiger partial charge in [-0.05, 0) is 49.9 Å². The van der Waals surface area contributed by atoms with Crippen molar-refractivity contribution in [3.05, 3.63) is 22.3 Å². The van der Waals surface area contributed by atoms with Gasteiger partial charge in [0.25, 0.3) is 5.22 Å². The topological polar surface area (TPSA) is 26.0 Å². The zero-order valence-corrected chi connectivity index (χ0v) is 9.70. The Hall–Kier alpha value is -0.960. The van der Waals surface area contributed by atoms with Gasteiger partial charge in [-0.2, -0.15) is 0 Å². The zero-order chi connectivity index (χ0) is 10.5. The lowest BCUT2D eigenvalue weighted by Gasteiger charge is -2.07. The quantitative estimate of drug-likeness (QED) is 0.670. The number of aryl methyl sites for hydroxylation is 2. The molecule has 1 heterocycles. The van der Waals surface area contributed by atoms with Crippen molar-refractivity contribution in [3.8, 4) is 0 Å². The third-order valence-electron chi connectivity index (χ3n) is 3.00. The smallest absolute Gasteiger partial charge is 0.253 e. The molecule has 0 bridgehead atoms. The molecule has 2 aromatic rings. The minimum Gasteiger partial charge on any atom is -0.431 e. The summed E-state index contributed by atoms with van der Waals surface area (Å²) in [5.74, 6) is 0. The maximum atomic E-state index is 5.47. The first-order chi connectivity index (χ1) is 6.52. The van der Waals surface area contributed by atoms with Crippen molar-refractivity contribution in [2.75, 3.05) is 0 Å². The van der Waals surface area contributed by atoms with Crippen LogP contribution in [0.25, 0.3) is 11.1 Å². The number of aromatic nitrogens is 1. The number of benzene rings is 1. The van der Waals surface area contributed by atoms with Crippen LogP contribution in [-0.4, -0.2) is 4.98 Å². The summed E-state index contributed by atoms with van der Waals surface area (Å²) in [6.07, 6.45) is 0. The van der Waals surface area contributed by atoms with E-state index in [1.165, 1.54) is 16.7 Å². The number of hydrogen-bond donors (Lipinski definition) is 1. The van der Waals surface area contributed by atoms with Crippen molar-refractivity contribution in [2.45, 2.75) is 32.9 Å². The fraction of sp³-hybridized carbons (Fsp3) is 0.364. The molecule has 2 rings (SSSR count). The first-order valence-corrected chi connectivity index (χ1v) is 5.03. The molecule has 0 aliphatic heterocycles. The molecule has 74 valence electrons. The van der Waals surface area contributed by atoms with E-state index in [9.17, 15) is 0 Å². The van der Waals surface area contributed by atoms with E-state index in [-0.39, 0.29) is 0 Å². The second-order valence-electron chi connectivity index (χ2n) is 3.67. The summed E-state index contributed by atoms with van der Waals surface area (Å²) in [5.41, 5.74) is 6.73. The third-order valence-corrected chi connectivity index (χ3v) is 3.19. The van der Waals surface area contributed by atoms with Crippen LogP contribution in [0.1, 0.15) is 22.3 Å². The number of oxazole rings is 1. The largest absolute Gasteiger partial charge is 0.431 e. The molecule has 1 aromatic heterocycles. The van der Waals surface area contributed by atoms with Crippen LogP contribution in [-0.2, 0) is 0 Å². The molecule has 3 heteroatoms. The summed E-state index contributed by atoms with van der Waals surface area (Å²) >= 11 is 4.13. The molecule has 0 fully saturated rings. The highest BCUT2D eigenvalue weighted by molar-refractivity contribution is 7.80. The number of thiol groups is 1. The maximum absolute atomic E-state index is 5.47. The first kappa shape index (κ1) is 9.59. The van der Waals surface area contributed by atoms with E-state index in [0.717, 1.165) is 16.7 Å². The van der Waals surface area contributed by atoms with Crippen molar-refractivity contribution in [1.29, 1.82) is 0 Å². The molecule has 0 saturated heterocycles. The van der Waals surface area contributed by atoms with Gasteiger partial charge in [0.1, 0.15) is 5.52 Å². The lowest BCUT2D eigenvalue weighted by Crippen LogP contribution is -1.92. The summed E-state index contributed by atoms with van der Waals surface area (Å²) in [6, 6.07) is 0. The highest BCUT2D eigenvalue weighted by Gasteiger charge is 2.13. The maximum Gasteiger partial charge on any atom is 0.253 e. The Bertz CT molecular complexity index is 469. The molecule has 1 aromatic carbocycles. The molecule has 14 heavy (non-hydrogen) atoms. The van der Waals surface area contributed by atoms with Crippen LogP contribution in [0.5, 0.6) is 0 Å². The van der Waals surface area contributed by atoms with Crippen molar-refractivity contribution < 1.29 is 4.42 Å². The highest BCUT2D eigenvalue weighted by Crippen LogP contribution is 2.29. The molecule has 0 radical (unpaired) electrons. The van der Waals surface area contributed by atoms with Gasteiger partial charge >= 0.3 is 0 Å². The van der Waals surface area contributed by atoms with Gasteiger partial charge in [0.15, 0.2) is 5.58 Å². The van der Waals surface area contributed by atoms with E-state index in [0.29, 0.717) is 5.22 Å². The van der Waals surface area contributed by atoms with Crippen LogP contribution >= 0.6 is 12.6 Å².